The fourth-order valence-electron chi connectivity index (χ4n) is 7.14. The number of para-hydroxylation sites is 1. The van der Waals surface area contributed by atoms with E-state index in [1.54, 1.807) is 0 Å². The van der Waals surface area contributed by atoms with Crippen molar-refractivity contribution in [1.29, 1.82) is 0 Å². The second-order valence-corrected chi connectivity index (χ2v) is 13.0. The summed E-state index contributed by atoms with van der Waals surface area (Å²) in [7, 11) is 0. The van der Waals surface area contributed by atoms with Crippen molar-refractivity contribution in [3.05, 3.63) is 131 Å². The Hall–Kier alpha value is -5.16. The largest absolute Gasteiger partial charge is 0.457 e. The van der Waals surface area contributed by atoms with Crippen molar-refractivity contribution in [3.63, 3.8) is 0 Å². The Kier molecular flexibility index (Phi) is 8.38. The number of aryl methyl sites for hydroxylation is 4. The fourth-order valence-corrected chi connectivity index (χ4v) is 7.14. The van der Waals surface area contributed by atoms with Gasteiger partial charge in [0.15, 0.2) is 0 Å². The van der Waals surface area contributed by atoms with Crippen LogP contribution >= 0.6 is 0 Å². The third-order valence-corrected chi connectivity index (χ3v) is 9.69. The topological polar surface area (TPSA) is 44.9 Å². The summed E-state index contributed by atoms with van der Waals surface area (Å²) in [5, 5.41) is 7.50. The highest BCUT2D eigenvalue weighted by atomic mass is 16.5. The zero-order valence-electron chi connectivity index (χ0n) is 29.1. The number of ether oxygens (including phenoxy) is 1. The number of fused-ring (bicyclic) bond motifs is 3. The van der Waals surface area contributed by atoms with Gasteiger partial charge < -0.3 is 4.74 Å². The maximum absolute atomic E-state index is 6.73. The average Bonchev–Trinajstić information content (AvgIpc) is 3.59. The Morgan fingerprint density at radius 2 is 1.44 bits per heavy atom. The van der Waals surface area contributed by atoms with E-state index in [-0.39, 0.29) is 0 Å². The highest BCUT2D eigenvalue weighted by Gasteiger charge is 2.21. The molecule has 242 valence electrons. The molecule has 3 aromatic heterocycles. The average molecular weight is 633 g/mol. The van der Waals surface area contributed by atoms with Crippen LogP contribution in [-0.4, -0.2) is 19.3 Å². The van der Waals surface area contributed by atoms with E-state index in [1.165, 1.54) is 44.2 Å². The van der Waals surface area contributed by atoms with Crippen molar-refractivity contribution < 1.29 is 4.74 Å². The molecule has 0 fully saturated rings. The molecule has 0 N–H and O–H groups in total. The van der Waals surface area contributed by atoms with Gasteiger partial charge in [-0.2, -0.15) is 5.10 Å². The molecule has 0 aliphatic rings. The van der Waals surface area contributed by atoms with Crippen LogP contribution in [0.3, 0.4) is 0 Å². The van der Waals surface area contributed by atoms with Gasteiger partial charge in [-0.25, -0.2) is 9.67 Å². The molecule has 5 heteroatoms. The van der Waals surface area contributed by atoms with E-state index >= 15 is 0 Å². The van der Waals surface area contributed by atoms with Crippen molar-refractivity contribution in [3.8, 4) is 34.1 Å². The molecular formula is C43H44N4O. The lowest BCUT2D eigenvalue weighted by atomic mass is 9.91. The molecule has 0 radical (unpaired) electrons. The predicted molar refractivity (Wildman–Crippen MR) is 199 cm³/mol. The standard InChI is InChI=1S/C43H44N4O/c1-8-30-20-21-44-41(22-30)46-39-17-12-11-16-37(39)38-19-18-35(26-40(38)46)48-36-24-33(27(4)5)23-34(25-36)47-29(7)42(28(6)45-47)43-31(9-2)14-13-15-32(43)10-3/h11-27H,8-10H2,1-7H3. The van der Waals surface area contributed by atoms with Crippen molar-refractivity contribution in [1.82, 2.24) is 19.3 Å². The first kappa shape index (κ1) is 31.4. The smallest absolute Gasteiger partial charge is 0.137 e. The SMILES string of the molecule is CCc1ccnc(-n2c3ccccc3c3ccc(Oc4cc(C(C)C)cc(-n5nc(C)c(-c6c(CC)cccc6CC)c5C)c4)cc32)c1. The van der Waals surface area contributed by atoms with Gasteiger partial charge in [-0.3, -0.25) is 4.57 Å². The van der Waals surface area contributed by atoms with E-state index < -0.39 is 0 Å². The number of nitrogens with zero attached hydrogens (tertiary/aromatic N) is 4. The Morgan fingerprint density at radius 3 is 2.17 bits per heavy atom. The van der Waals surface area contributed by atoms with E-state index in [0.29, 0.717) is 5.92 Å². The van der Waals surface area contributed by atoms with Crippen LogP contribution < -0.4 is 4.74 Å². The molecule has 0 aliphatic heterocycles. The Morgan fingerprint density at radius 1 is 0.688 bits per heavy atom. The van der Waals surface area contributed by atoms with E-state index in [0.717, 1.165) is 64.7 Å². The first-order valence-corrected chi connectivity index (χ1v) is 17.3. The molecule has 7 rings (SSSR count). The molecule has 0 saturated carbocycles. The molecule has 4 aromatic carbocycles. The van der Waals surface area contributed by atoms with Crippen LogP contribution in [0.2, 0.25) is 0 Å². The summed E-state index contributed by atoms with van der Waals surface area (Å²) in [5.74, 6) is 2.81. The molecule has 0 bridgehead atoms. The zero-order valence-corrected chi connectivity index (χ0v) is 29.1. The lowest BCUT2D eigenvalue weighted by Gasteiger charge is -2.16. The molecule has 7 aromatic rings. The maximum atomic E-state index is 6.73. The number of benzene rings is 4. The van der Waals surface area contributed by atoms with Crippen LogP contribution in [0.5, 0.6) is 11.5 Å². The number of aromatic nitrogens is 4. The highest BCUT2D eigenvalue weighted by Crippen LogP contribution is 2.38. The van der Waals surface area contributed by atoms with Gasteiger partial charge in [0.2, 0.25) is 0 Å². The molecule has 5 nitrogen and oxygen atoms in total. The third kappa shape index (κ3) is 5.47. The normalized spacial score (nSPS) is 11.7. The van der Waals surface area contributed by atoms with E-state index in [2.05, 4.69) is 149 Å². The van der Waals surface area contributed by atoms with E-state index in [1.807, 2.05) is 6.20 Å². The van der Waals surface area contributed by atoms with Crippen molar-refractivity contribution in [2.24, 2.45) is 0 Å². The van der Waals surface area contributed by atoms with Crippen molar-refractivity contribution >= 4 is 21.8 Å². The summed E-state index contributed by atoms with van der Waals surface area (Å²) in [4.78, 5) is 4.79. The van der Waals surface area contributed by atoms with Crippen LogP contribution in [0.4, 0.5) is 0 Å². The van der Waals surface area contributed by atoms with Crippen LogP contribution in [0.25, 0.3) is 44.4 Å². The summed E-state index contributed by atoms with van der Waals surface area (Å²) in [6.45, 7) is 15.4. The summed E-state index contributed by atoms with van der Waals surface area (Å²) in [6.07, 6.45) is 4.83. The maximum Gasteiger partial charge on any atom is 0.137 e. The molecule has 0 spiro atoms. The minimum atomic E-state index is 0.318. The van der Waals surface area contributed by atoms with E-state index in [9.17, 15) is 0 Å². The number of hydrogen-bond acceptors (Lipinski definition) is 3. The molecule has 0 aliphatic carbocycles. The summed E-state index contributed by atoms with van der Waals surface area (Å²) >= 11 is 0. The molecule has 0 saturated heterocycles. The molecular weight excluding hydrogens is 589 g/mol. The Bertz CT molecular complexity index is 2260. The van der Waals surface area contributed by atoms with Gasteiger partial charge in [0, 0.05) is 40.4 Å². The van der Waals surface area contributed by atoms with Crippen LogP contribution in [0, 0.1) is 13.8 Å². The third-order valence-electron chi connectivity index (χ3n) is 9.69. The quantitative estimate of drug-likeness (QED) is 0.159. The monoisotopic (exact) mass is 632 g/mol. The number of rotatable bonds is 9. The molecule has 0 amide bonds. The number of pyridine rings is 1. The second kappa shape index (κ2) is 12.8. The minimum absolute atomic E-state index is 0.318. The molecule has 48 heavy (non-hydrogen) atoms. The molecule has 0 atom stereocenters. The highest BCUT2D eigenvalue weighted by molar-refractivity contribution is 6.09. The van der Waals surface area contributed by atoms with Gasteiger partial charge >= 0.3 is 0 Å². The lowest BCUT2D eigenvalue weighted by Crippen LogP contribution is -2.02. The van der Waals surface area contributed by atoms with Gasteiger partial charge in [0.25, 0.3) is 0 Å². The first-order chi connectivity index (χ1) is 23.3. The summed E-state index contributed by atoms with van der Waals surface area (Å²) in [6, 6.07) is 32.4. The van der Waals surface area contributed by atoms with E-state index in [4.69, 9.17) is 14.8 Å². The van der Waals surface area contributed by atoms with Crippen LogP contribution in [-0.2, 0) is 19.3 Å². The van der Waals surface area contributed by atoms with Crippen molar-refractivity contribution in [2.45, 2.75) is 73.6 Å². The number of hydrogen-bond donors (Lipinski definition) is 0. The lowest BCUT2D eigenvalue weighted by molar-refractivity contribution is 0.481. The van der Waals surface area contributed by atoms with Crippen LogP contribution in [0.1, 0.15) is 74.2 Å². The summed E-state index contributed by atoms with van der Waals surface area (Å²) in [5.41, 5.74) is 13.2. The molecule has 0 unspecified atom stereocenters. The van der Waals surface area contributed by atoms with Gasteiger partial charge in [-0.15, -0.1) is 0 Å². The van der Waals surface area contributed by atoms with Crippen molar-refractivity contribution in [2.75, 3.05) is 0 Å². The Balaban J connectivity index is 1.34. The van der Waals surface area contributed by atoms with Gasteiger partial charge in [0.05, 0.1) is 22.4 Å². The fraction of sp³-hybridized carbons (Fsp3) is 0.256. The second-order valence-electron chi connectivity index (χ2n) is 13.0. The zero-order chi connectivity index (χ0) is 33.5. The Labute approximate surface area is 283 Å². The van der Waals surface area contributed by atoms with Gasteiger partial charge in [-0.1, -0.05) is 71.0 Å². The first-order valence-electron chi connectivity index (χ1n) is 17.3. The van der Waals surface area contributed by atoms with Crippen LogP contribution in [0.15, 0.2) is 97.2 Å². The van der Waals surface area contributed by atoms with Gasteiger partial charge in [-0.05, 0) is 109 Å². The minimum Gasteiger partial charge on any atom is -0.457 e. The molecule has 3 heterocycles. The predicted octanol–water partition coefficient (Wildman–Crippen LogP) is 11.3. The van der Waals surface area contributed by atoms with Gasteiger partial charge in [0.1, 0.15) is 17.3 Å². The summed E-state index contributed by atoms with van der Waals surface area (Å²) < 4.78 is 11.1.